The largest absolute Gasteiger partial charge is 0.444 e. The molecule has 7 heteroatoms. The van der Waals surface area contributed by atoms with Crippen molar-refractivity contribution in [2.75, 3.05) is 31.1 Å². The summed E-state index contributed by atoms with van der Waals surface area (Å²) >= 11 is 5.97. The molecule has 0 bridgehead atoms. The Morgan fingerprint density at radius 1 is 1.11 bits per heavy atom. The summed E-state index contributed by atoms with van der Waals surface area (Å²) in [4.78, 5) is 19.4. The van der Waals surface area contributed by atoms with E-state index in [1.54, 1.807) is 11.0 Å². The molecule has 1 amide bonds. The molecule has 0 radical (unpaired) electrons. The van der Waals surface area contributed by atoms with Gasteiger partial charge in [0, 0.05) is 54.5 Å². The highest BCUT2D eigenvalue weighted by atomic mass is 35.5. The van der Waals surface area contributed by atoms with Gasteiger partial charge in [0.25, 0.3) is 0 Å². The number of anilines is 1. The van der Waals surface area contributed by atoms with E-state index in [0.29, 0.717) is 26.2 Å². The van der Waals surface area contributed by atoms with Crippen LogP contribution in [-0.2, 0) is 11.3 Å². The van der Waals surface area contributed by atoms with E-state index < -0.39 is 11.9 Å². The van der Waals surface area contributed by atoms with Crippen LogP contribution >= 0.6 is 11.6 Å². The van der Waals surface area contributed by atoms with Crippen molar-refractivity contribution in [2.45, 2.75) is 6.61 Å². The third kappa shape index (κ3) is 3.57. The van der Waals surface area contributed by atoms with Crippen LogP contribution in [0, 0.1) is 5.82 Å². The molecule has 4 rings (SSSR count). The maximum absolute atomic E-state index is 13.8. The van der Waals surface area contributed by atoms with Gasteiger partial charge in [0.2, 0.25) is 0 Å². The second-order valence-electron chi connectivity index (χ2n) is 6.44. The van der Waals surface area contributed by atoms with Gasteiger partial charge in [-0.3, -0.25) is 0 Å². The van der Waals surface area contributed by atoms with Gasteiger partial charge in [-0.15, -0.1) is 0 Å². The number of rotatable bonds is 3. The minimum atomic E-state index is -0.472. The van der Waals surface area contributed by atoms with E-state index in [9.17, 15) is 9.18 Å². The van der Waals surface area contributed by atoms with Gasteiger partial charge in [-0.2, -0.15) is 0 Å². The first kappa shape index (κ1) is 17.7. The molecule has 1 saturated heterocycles. The number of halogens is 2. The third-order valence-electron chi connectivity index (χ3n) is 4.85. The highest BCUT2D eigenvalue weighted by Gasteiger charge is 2.24. The van der Waals surface area contributed by atoms with Crippen LogP contribution in [0.3, 0.4) is 0 Å². The van der Waals surface area contributed by atoms with Gasteiger partial charge in [0.1, 0.15) is 12.4 Å². The first-order valence-corrected chi connectivity index (χ1v) is 9.17. The van der Waals surface area contributed by atoms with E-state index >= 15 is 0 Å². The lowest BCUT2D eigenvalue weighted by molar-refractivity contribution is 0.0933. The number of benzene rings is 2. The van der Waals surface area contributed by atoms with Crippen molar-refractivity contribution in [1.29, 1.82) is 0 Å². The Bertz CT molecular complexity index is 947. The zero-order chi connectivity index (χ0) is 18.8. The van der Waals surface area contributed by atoms with Crippen LogP contribution in [0.5, 0.6) is 0 Å². The lowest BCUT2D eigenvalue weighted by Crippen LogP contribution is -2.49. The number of H-pyrrole nitrogens is 1. The molecule has 2 aromatic carbocycles. The van der Waals surface area contributed by atoms with Gasteiger partial charge < -0.3 is 19.5 Å². The summed E-state index contributed by atoms with van der Waals surface area (Å²) in [6, 6.07) is 12.6. The molecule has 2 heterocycles. The molecule has 0 atom stereocenters. The maximum Gasteiger partial charge on any atom is 0.410 e. The zero-order valence-electron chi connectivity index (χ0n) is 14.6. The Kier molecular flexibility index (Phi) is 4.90. The Labute approximate surface area is 161 Å². The standard InChI is InChI=1S/C20H19ClFN3O2/c21-16-3-1-4-17(22)15(16)13-27-20(26)25-11-9-24(10-12-25)19-6-2-5-18-14(19)7-8-23-18/h1-8,23H,9-13H2. The molecule has 0 spiro atoms. The first-order chi connectivity index (χ1) is 13.1. The number of amides is 1. The first-order valence-electron chi connectivity index (χ1n) is 8.79. The zero-order valence-corrected chi connectivity index (χ0v) is 15.4. The Morgan fingerprint density at radius 3 is 2.67 bits per heavy atom. The third-order valence-corrected chi connectivity index (χ3v) is 5.21. The lowest BCUT2D eigenvalue weighted by atomic mass is 10.2. The summed E-state index contributed by atoms with van der Waals surface area (Å²) < 4.78 is 19.1. The SMILES string of the molecule is O=C(OCc1c(F)cccc1Cl)N1CCN(c2cccc3[nH]ccc23)CC1. The Morgan fingerprint density at radius 2 is 1.89 bits per heavy atom. The Balaban J connectivity index is 1.36. The average Bonchev–Trinajstić information content (AvgIpc) is 3.16. The van der Waals surface area contributed by atoms with Crippen molar-refractivity contribution < 1.29 is 13.9 Å². The normalized spacial score (nSPS) is 14.6. The van der Waals surface area contributed by atoms with Crippen LogP contribution in [0.15, 0.2) is 48.7 Å². The summed E-state index contributed by atoms with van der Waals surface area (Å²) in [6.45, 7) is 2.34. The molecule has 140 valence electrons. The summed E-state index contributed by atoms with van der Waals surface area (Å²) in [7, 11) is 0. The Hall–Kier alpha value is -2.73. The van der Waals surface area contributed by atoms with Crippen LogP contribution in [0.1, 0.15) is 5.56 Å². The van der Waals surface area contributed by atoms with E-state index in [1.165, 1.54) is 17.5 Å². The van der Waals surface area contributed by atoms with Gasteiger partial charge in [-0.1, -0.05) is 23.7 Å². The number of fused-ring (bicyclic) bond motifs is 1. The number of hydrogen-bond donors (Lipinski definition) is 1. The van der Waals surface area contributed by atoms with Crippen LogP contribution in [-0.4, -0.2) is 42.2 Å². The maximum atomic E-state index is 13.8. The minimum absolute atomic E-state index is 0.173. The number of nitrogens with zero attached hydrogens (tertiary/aromatic N) is 2. The monoisotopic (exact) mass is 387 g/mol. The van der Waals surface area contributed by atoms with Crippen LogP contribution < -0.4 is 4.90 Å². The number of nitrogens with one attached hydrogen (secondary N) is 1. The number of aromatic nitrogens is 1. The average molecular weight is 388 g/mol. The number of ether oxygens (including phenoxy) is 1. The molecule has 27 heavy (non-hydrogen) atoms. The van der Waals surface area contributed by atoms with E-state index in [4.69, 9.17) is 16.3 Å². The van der Waals surface area contributed by atoms with Crippen molar-refractivity contribution in [3.63, 3.8) is 0 Å². The van der Waals surface area contributed by atoms with Crippen LogP contribution in [0.25, 0.3) is 10.9 Å². The van der Waals surface area contributed by atoms with Gasteiger partial charge in [0.15, 0.2) is 0 Å². The van der Waals surface area contributed by atoms with Gasteiger partial charge >= 0.3 is 6.09 Å². The summed E-state index contributed by atoms with van der Waals surface area (Å²) in [5.74, 6) is -0.472. The van der Waals surface area contributed by atoms with Crippen molar-refractivity contribution in [3.05, 3.63) is 65.1 Å². The number of piperazine rings is 1. The highest BCUT2D eigenvalue weighted by Crippen LogP contribution is 2.27. The predicted molar refractivity (Wildman–Crippen MR) is 104 cm³/mol. The molecule has 0 unspecified atom stereocenters. The van der Waals surface area contributed by atoms with Gasteiger partial charge in [-0.05, 0) is 30.3 Å². The summed E-state index contributed by atoms with van der Waals surface area (Å²) in [5, 5.41) is 1.43. The predicted octanol–water partition coefficient (Wildman–Crippen LogP) is 4.42. The summed E-state index contributed by atoms with van der Waals surface area (Å²) in [5.41, 5.74) is 2.45. The quantitative estimate of drug-likeness (QED) is 0.723. The fourth-order valence-corrected chi connectivity index (χ4v) is 3.59. The van der Waals surface area contributed by atoms with E-state index in [0.717, 1.165) is 11.2 Å². The number of hydrogen-bond acceptors (Lipinski definition) is 3. The number of carbonyl (C=O) groups excluding carboxylic acids is 1. The van der Waals surface area contributed by atoms with Gasteiger partial charge in [0.05, 0.1) is 5.02 Å². The molecule has 0 aliphatic carbocycles. The van der Waals surface area contributed by atoms with Gasteiger partial charge in [-0.25, -0.2) is 9.18 Å². The van der Waals surface area contributed by atoms with Crippen molar-refractivity contribution in [2.24, 2.45) is 0 Å². The van der Waals surface area contributed by atoms with E-state index in [-0.39, 0.29) is 17.2 Å². The fourth-order valence-electron chi connectivity index (χ4n) is 3.37. The van der Waals surface area contributed by atoms with E-state index in [2.05, 4.69) is 22.0 Å². The van der Waals surface area contributed by atoms with Crippen molar-refractivity contribution in [1.82, 2.24) is 9.88 Å². The molecular formula is C20H19ClFN3O2. The molecule has 1 N–H and O–H groups in total. The minimum Gasteiger partial charge on any atom is -0.444 e. The molecule has 1 fully saturated rings. The topological polar surface area (TPSA) is 48.6 Å². The molecule has 1 aromatic heterocycles. The molecule has 1 aliphatic heterocycles. The molecule has 1 aliphatic rings. The number of carbonyl (C=O) groups is 1. The lowest BCUT2D eigenvalue weighted by Gasteiger charge is -2.35. The molecular weight excluding hydrogens is 369 g/mol. The highest BCUT2D eigenvalue weighted by molar-refractivity contribution is 6.31. The van der Waals surface area contributed by atoms with Crippen molar-refractivity contribution in [3.8, 4) is 0 Å². The smallest absolute Gasteiger partial charge is 0.410 e. The second-order valence-corrected chi connectivity index (χ2v) is 6.85. The summed E-state index contributed by atoms with van der Waals surface area (Å²) in [6.07, 6.45) is 1.48. The molecule has 5 nitrogen and oxygen atoms in total. The van der Waals surface area contributed by atoms with Crippen molar-refractivity contribution >= 4 is 34.3 Å². The molecule has 3 aromatic rings. The van der Waals surface area contributed by atoms with Crippen LogP contribution in [0.4, 0.5) is 14.9 Å². The number of aromatic amines is 1. The second kappa shape index (κ2) is 7.48. The van der Waals surface area contributed by atoms with Crippen LogP contribution in [0.2, 0.25) is 5.02 Å². The molecule has 0 saturated carbocycles. The van der Waals surface area contributed by atoms with E-state index in [1.807, 2.05) is 18.3 Å². The fraction of sp³-hybridized carbons (Fsp3) is 0.250.